The second-order valence-corrected chi connectivity index (χ2v) is 7.32. The number of aryl methyl sites for hydroxylation is 1. The van der Waals surface area contributed by atoms with Crippen LogP contribution < -0.4 is 9.47 Å². The molecule has 0 saturated heterocycles. The number of carbonyl (C=O) groups excluding carboxylic acids is 1. The molecule has 158 valence electrons. The van der Waals surface area contributed by atoms with E-state index in [0.29, 0.717) is 28.7 Å². The molecule has 4 rings (SSSR count). The van der Waals surface area contributed by atoms with Gasteiger partial charge in [-0.05, 0) is 36.4 Å². The minimum absolute atomic E-state index is 0.0832. The highest BCUT2D eigenvalue weighted by Crippen LogP contribution is 2.32. The summed E-state index contributed by atoms with van der Waals surface area (Å²) in [5.74, 6) is 1.83. The van der Waals surface area contributed by atoms with Crippen LogP contribution in [0, 0.1) is 6.92 Å². The van der Waals surface area contributed by atoms with Crippen molar-refractivity contribution in [2.45, 2.75) is 20.1 Å². The number of hydrogen-bond acceptors (Lipinski definition) is 9. The number of carbonyl (C=O) groups is 1. The molecule has 0 spiro atoms. The summed E-state index contributed by atoms with van der Waals surface area (Å²) in [5.41, 5.74) is 2.00. The van der Waals surface area contributed by atoms with E-state index in [1.54, 1.807) is 38.3 Å². The number of para-hydroxylation sites is 1. The molecule has 0 atom stereocenters. The van der Waals surface area contributed by atoms with Gasteiger partial charge >= 0.3 is 5.97 Å². The van der Waals surface area contributed by atoms with Crippen LogP contribution in [0.1, 0.15) is 27.8 Å². The van der Waals surface area contributed by atoms with Crippen LogP contribution in [0.5, 0.6) is 11.5 Å². The Balaban J connectivity index is 1.32. The summed E-state index contributed by atoms with van der Waals surface area (Å²) in [5, 5.41) is 6.44. The van der Waals surface area contributed by atoms with Crippen LogP contribution in [0.25, 0.3) is 10.6 Å². The van der Waals surface area contributed by atoms with E-state index in [2.05, 4.69) is 15.1 Å². The lowest BCUT2D eigenvalue weighted by molar-refractivity contribution is 0.0468. The van der Waals surface area contributed by atoms with Gasteiger partial charge in [-0.1, -0.05) is 17.3 Å². The minimum Gasteiger partial charge on any atom is -0.496 e. The van der Waals surface area contributed by atoms with Crippen molar-refractivity contribution in [2.24, 2.45) is 0 Å². The summed E-state index contributed by atoms with van der Waals surface area (Å²) in [6.45, 7) is 1.97. The summed E-state index contributed by atoms with van der Waals surface area (Å²) in [6.07, 6.45) is 0. The van der Waals surface area contributed by atoms with Gasteiger partial charge in [-0.2, -0.15) is 4.98 Å². The number of hydrogen-bond donors (Lipinski definition) is 0. The van der Waals surface area contributed by atoms with E-state index in [4.69, 9.17) is 18.7 Å². The molecule has 0 radical (unpaired) electrons. The SMILES string of the molecule is COc1ccccc1-c1nc(COC(=O)c2ccc(OCc3noc(C)n3)cc2)cs1. The molecule has 4 aromatic rings. The fourth-order valence-corrected chi connectivity index (χ4v) is 3.61. The van der Waals surface area contributed by atoms with Crippen LogP contribution in [0.15, 0.2) is 58.4 Å². The fraction of sp³-hybridized carbons (Fsp3) is 0.182. The van der Waals surface area contributed by atoms with Crippen molar-refractivity contribution in [2.75, 3.05) is 7.11 Å². The Morgan fingerprint density at radius 2 is 1.87 bits per heavy atom. The number of esters is 1. The molecule has 0 aliphatic rings. The largest absolute Gasteiger partial charge is 0.496 e. The van der Waals surface area contributed by atoms with Gasteiger partial charge in [0.1, 0.15) is 23.1 Å². The van der Waals surface area contributed by atoms with Crippen molar-refractivity contribution in [1.29, 1.82) is 0 Å². The van der Waals surface area contributed by atoms with E-state index in [0.717, 1.165) is 16.3 Å². The van der Waals surface area contributed by atoms with Gasteiger partial charge in [-0.3, -0.25) is 0 Å². The highest BCUT2D eigenvalue weighted by molar-refractivity contribution is 7.13. The van der Waals surface area contributed by atoms with Gasteiger partial charge in [0, 0.05) is 12.3 Å². The van der Waals surface area contributed by atoms with E-state index < -0.39 is 5.97 Å². The molecule has 2 aromatic heterocycles. The maximum absolute atomic E-state index is 12.3. The Hall–Kier alpha value is -3.72. The lowest BCUT2D eigenvalue weighted by atomic mass is 10.2. The van der Waals surface area contributed by atoms with Crippen LogP contribution in [0.3, 0.4) is 0 Å². The standard InChI is InChI=1S/C22H19N3O5S/c1-14-23-20(25-30-14)12-28-17-9-7-15(8-10-17)22(26)29-11-16-13-31-21(24-16)18-5-3-4-6-19(18)27-2/h3-10,13H,11-12H2,1-2H3. The number of benzene rings is 2. The predicted octanol–water partition coefficient (Wildman–Crippen LogP) is 4.45. The molecular formula is C22H19N3O5S. The third-order valence-electron chi connectivity index (χ3n) is 4.27. The van der Waals surface area contributed by atoms with Crippen LogP contribution in [0.2, 0.25) is 0 Å². The average Bonchev–Trinajstić information content (AvgIpc) is 3.45. The fourth-order valence-electron chi connectivity index (χ4n) is 2.78. The molecular weight excluding hydrogens is 418 g/mol. The number of thiazole rings is 1. The first kappa shape index (κ1) is 20.5. The van der Waals surface area contributed by atoms with Crippen LogP contribution in [-0.2, 0) is 18.0 Å². The Kier molecular flexibility index (Phi) is 6.23. The Bertz CT molecular complexity index is 1170. The Morgan fingerprint density at radius 1 is 1.06 bits per heavy atom. The molecule has 9 heteroatoms. The normalized spacial score (nSPS) is 10.6. The van der Waals surface area contributed by atoms with Gasteiger partial charge < -0.3 is 18.7 Å². The summed E-state index contributed by atoms with van der Waals surface area (Å²) in [7, 11) is 1.62. The smallest absolute Gasteiger partial charge is 0.338 e. The number of ether oxygens (including phenoxy) is 3. The molecule has 0 aliphatic heterocycles. The Morgan fingerprint density at radius 3 is 2.61 bits per heavy atom. The summed E-state index contributed by atoms with van der Waals surface area (Å²) >= 11 is 1.47. The topological polar surface area (TPSA) is 96.6 Å². The van der Waals surface area contributed by atoms with Crippen LogP contribution in [0.4, 0.5) is 0 Å². The zero-order valence-corrected chi connectivity index (χ0v) is 17.7. The second kappa shape index (κ2) is 9.40. The molecule has 0 fully saturated rings. The van der Waals surface area contributed by atoms with Crippen molar-refractivity contribution < 1.29 is 23.5 Å². The lowest BCUT2D eigenvalue weighted by Gasteiger charge is -2.06. The lowest BCUT2D eigenvalue weighted by Crippen LogP contribution is -2.05. The number of methoxy groups -OCH3 is 1. The average molecular weight is 437 g/mol. The van der Waals surface area contributed by atoms with Crippen molar-refractivity contribution >= 4 is 17.3 Å². The first-order chi connectivity index (χ1) is 15.1. The van der Waals surface area contributed by atoms with Gasteiger partial charge in [0.25, 0.3) is 0 Å². The first-order valence-electron chi connectivity index (χ1n) is 9.39. The summed E-state index contributed by atoms with van der Waals surface area (Å²) < 4.78 is 21.2. The molecule has 2 heterocycles. The number of rotatable bonds is 8. The molecule has 0 saturated carbocycles. The van der Waals surface area contributed by atoms with E-state index in [-0.39, 0.29) is 13.2 Å². The molecule has 0 aliphatic carbocycles. The number of aromatic nitrogens is 3. The van der Waals surface area contributed by atoms with Crippen LogP contribution in [-0.4, -0.2) is 28.2 Å². The van der Waals surface area contributed by atoms with Gasteiger partial charge in [0.05, 0.1) is 23.9 Å². The van der Waals surface area contributed by atoms with Crippen LogP contribution >= 0.6 is 11.3 Å². The summed E-state index contributed by atoms with van der Waals surface area (Å²) in [6, 6.07) is 14.3. The van der Waals surface area contributed by atoms with Gasteiger partial charge in [0.15, 0.2) is 6.61 Å². The zero-order valence-electron chi connectivity index (χ0n) is 16.9. The highest BCUT2D eigenvalue weighted by atomic mass is 32.1. The van der Waals surface area contributed by atoms with E-state index >= 15 is 0 Å². The van der Waals surface area contributed by atoms with E-state index in [1.807, 2.05) is 29.6 Å². The van der Waals surface area contributed by atoms with Gasteiger partial charge in [-0.25, -0.2) is 9.78 Å². The Labute approximate surface area is 182 Å². The third-order valence-corrected chi connectivity index (χ3v) is 5.19. The predicted molar refractivity (Wildman–Crippen MR) is 113 cm³/mol. The summed E-state index contributed by atoms with van der Waals surface area (Å²) in [4.78, 5) is 21.0. The first-order valence-corrected chi connectivity index (χ1v) is 10.3. The molecule has 31 heavy (non-hydrogen) atoms. The van der Waals surface area contributed by atoms with E-state index in [9.17, 15) is 4.79 Å². The maximum atomic E-state index is 12.3. The van der Waals surface area contributed by atoms with Crippen molar-refractivity contribution in [1.82, 2.24) is 15.1 Å². The maximum Gasteiger partial charge on any atom is 0.338 e. The molecule has 0 N–H and O–H groups in total. The quantitative estimate of drug-likeness (QED) is 0.373. The number of nitrogens with zero attached hydrogens (tertiary/aromatic N) is 3. The van der Waals surface area contributed by atoms with Crippen molar-refractivity contribution in [3.63, 3.8) is 0 Å². The van der Waals surface area contributed by atoms with E-state index in [1.165, 1.54) is 11.3 Å². The molecule has 0 amide bonds. The highest BCUT2D eigenvalue weighted by Gasteiger charge is 2.12. The molecule has 8 nitrogen and oxygen atoms in total. The molecule has 0 unspecified atom stereocenters. The minimum atomic E-state index is -0.438. The second-order valence-electron chi connectivity index (χ2n) is 6.46. The third kappa shape index (κ3) is 5.07. The molecule has 0 bridgehead atoms. The molecule has 2 aromatic carbocycles. The van der Waals surface area contributed by atoms with Crippen molar-refractivity contribution in [3.05, 3.63) is 76.9 Å². The van der Waals surface area contributed by atoms with Gasteiger partial charge in [0.2, 0.25) is 11.7 Å². The van der Waals surface area contributed by atoms with Crippen molar-refractivity contribution in [3.8, 4) is 22.1 Å². The van der Waals surface area contributed by atoms with Gasteiger partial charge in [-0.15, -0.1) is 11.3 Å². The zero-order chi connectivity index (χ0) is 21.6. The monoisotopic (exact) mass is 437 g/mol.